The normalized spacial score (nSPS) is 9.85. The van der Waals surface area contributed by atoms with Crippen LogP contribution in [0.3, 0.4) is 0 Å². The molecule has 0 fully saturated rings. The highest BCUT2D eigenvalue weighted by atomic mass is 14.9. The number of H-pyrrole nitrogens is 1. The molecule has 0 radical (unpaired) electrons. The van der Waals surface area contributed by atoms with Gasteiger partial charge >= 0.3 is 0 Å². The van der Waals surface area contributed by atoms with E-state index in [0.29, 0.717) is 0 Å². The molecule has 0 saturated heterocycles. The van der Waals surface area contributed by atoms with E-state index >= 15 is 0 Å². The number of imidazole rings is 1. The van der Waals surface area contributed by atoms with Crippen molar-refractivity contribution in [1.82, 2.24) is 9.97 Å². The lowest BCUT2D eigenvalue weighted by Crippen LogP contribution is -1.79. The fourth-order valence-electron chi connectivity index (χ4n) is 1.20. The number of benzene rings is 1. The molecule has 64 valence electrons. The van der Waals surface area contributed by atoms with Crippen LogP contribution in [-0.4, -0.2) is 9.97 Å². The number of rotatable bonds is 2. The molecule has 2 heteroatoms. The van der Waals surface area contributed by atoms with Gasteiger partial charge in [-0.15, -0.1) is 0 Å². The van der Waals surface area contributed by atoms with E-state index in [-0.39, 0.29) is 0 Å². The number of nitrogens with zero attached hydrogens (tertiary/aromatic N) is 1. The first-order valence-corrected chi connectivity index (χ1v) is 4.12. The first-order chi connectivity index (χ1) is 6.40. The summed E-state index contributed by atoms with van der Waals surface area (Å²) >= 11 is 0. The molecule has 1 aromatic heterocycles. The molecule has 13 heavy (non-hydrogen) atoms. The maximum atomic E-state index is 4.16. The van der Waals surface area contributed by atoms with Gasteiger partial charge < -0.3 is 4.98 Å². The van der Waals surface area contributed by atoms with Crippen LogP contribution in [-0.2, 0) is 0 Å². The van der Waals surface area contributed by atoms with Crippen molar-refractivity contribution >= 4 is 6.08 Å². The molecular formula is C11H10N2. The van der Waals surface area contributed by atoms with Gasteiger partial charge in [-0.05, 0) is 5.56 Å². The second kappa shape index (κ2) is 3.27. The molecule has 0 aliphatic carbocycles. The van der Waals surface area contributed by atoms with Crippen molar-refractivity contribution in [2.24, 2.45) is 0 Å². The van der Waals surface area contributed by atoms with E-state index in [2.05, 4.69) is 16.5 Å². The summed E-state index contributed by atoms with van der Waals surface area (Å²) in [5, 5.41) is 0. The van der Waals surface area contributed by atoms with Gasteiger partial charge in [-0.3, -0.25) is 0 Å². The molecule has 0 spiro atoms. The van der Waals surface area contributed by atoms with Crippen LogP contribution in [0.2, 0.25) is 0 Å². The van der Waals surface area contributed by atoms with Crippen LogP contribution >= 0.6 is 0 Å². The van der Waals surface area contributed by atoms with E-state index < -0.39 is 0 Å². The highest BCUT2D eigenvalue weighted by Crippen LogP contribution is 2.15. The predicted octanol–water partition coefficient (Wildman–Crippen LogP) is 2.72. The first kappa shape index (κ1) is 7.80. The predicted molar refractivity (Wildman–Crippen MR) is 54.1 cm³/mol. The molecule has 0 unspecified atom stereocenters. The zero-order valence-corrected chi connectivity index (χ0v) is 7.20. The van der Waals surface area contributed by atoms with Gasteiger partial charge in [0.05, 0.1) is 0 Å². The van der Waals surface area contributed by atoms with E-state index in [1.54, 1.807) is 6.20 Å². The lowest BCUT2D eigenvalue weighted by molar-refractivity contribution is 1.31. The Labute approximate surface area is 77.0 Å². The average molecular weight is 170 g/mol. The molecule has 2 rings (SSSR count). The molecule has 0 amide bonds. The van der Waals surface area contributed by atoms with Crippen LogP contribution in [0.5, 0.6) is 0 Å². The molecule has 0 aliphatic rings. The standard InChI is InChI=1S/C11H10N2/c1-2-9-3-5-10(6-4-9)11-12-7-8-13-11/h2-8H,1H2,(H,12,13). The molecule has 1 heterocycles. The maximum absolute atomic E-state index is 4.16. The van der Waals surface area contributed by atoms with Crippen LogP contribution in [0.25, 0.3) is 17.5 Å². The number of hydrogen-bond acceptors (Lipinski definition) is 1. The number of aromatic amines is 1. The van der Waals surface area contributed by atoms with Crippen molar-refractivity contribution in [2.45, 2.75) is 0 Å². The summed E-state index contributed by atoms with van der Waals surface area (Å²) in [4.78, 5) is 7.21. The lowest BCUT2D eigenvalue weighted by Gasteiger charge is -1.96. The third-order valence-electron chi connectivity index (χ3n) is 1.92. The van der Waals surface area contributed by atoms with Gasteiger partial charge in [0, 0.05) is 18.0 Å². The summed E-state index contributed by atoms with van der Waals surface area (Å²) in [5.74, 6) is 0.899. The van der Waals surface area contributed by atoms with Crippen LogP contribution in [0.1, 0.15) is 5.56 Å². The first-order valence-electron chi connectivity index (χ1n) is 4.12. The Balaban J connectivity index is 2.38. The third-order valence-corrected chi connectivity index (χ3v) is 1.92. The topological polar surface area (TPSA) is 28.7 Å². The van der Waals surface area contributed by atoms with E-state index in [9.17, 15) is 0 Å². The van der Waals surface area contributed by atoms with Gasteiger partial charge in [0.1, 0.15) is 5.82 Å². The molecular weight excluding hydrogens is 160 g/mol. The van der Waals surface area contributed by atoms with Crippen LogP contribution < -0.4 is 0 Å². The average Bonchev–Trinajstić information content (AvgIpc) is 2.71. The Bertz CT molecular complexity index is 385. The fraction of sp³-hybridized carbons (Fsp3) is 0. The van der Waals surface area contributed by atoms with E-state index in [0.717, 1.165) is 17.0 Å². The van der Waals surface area contributed by atoms with Gasteiger partial charge in [-0.25, -0.2) is 4.98 Å². The minimum absolute atomic E-state index is 0.899. The van der Waals surface area contributed by atoms with Crippen molar-refractivity contribution in [3.8, 4) is 11.4 Å². The number of hydrogen-bond donors (Lipinski definition) is 1. The molecule has 0 aliphatic heterocycles. The van der Waals surface area contributed by atoms with Crippen molar-refractivity contribution in [1.29, 1.82) is 0 Å². The highest BCUT2D eigenvalue weighted by Gasteiger charge is 1.97. The van der Waals surface area contributed by atoms with Crippen LogP contribution in [0, 0.1) is 0 Å². The summed E-state index contributed by atoms with van der Waals surface area (Å²) in [7, 11) is 0. The zero-order valence-electron chi connectivity index (χ0n) is 7.20. The number of aromatic nitrogens is 2. The second-order valence-corrected chi connectivity index (χ2v) is 2.76. The third kappa shape index (κ3) is 1.51. The summed E-state index contributed by atoms with van der Waals surface area (Å²) in [6.07, 6.45) is 5.39. The second-order valence-electron chi connectivity index (χ2n) is 2.76. The van der Waals surface area contributed by atoms with Gasteiger partial charge in [-0.1, -0.05) is 36.9 Å². The Hall–Kier alpha value is -1.83. The minimum Gasteiger partial charge on any atom is -0.345 e. The van der Waals surface area contributed by atoms with Crippen molar-refractivity contribution in [3.63, 3.8) is 0 Å². The van der Waals surface area contributed by atoms with Gasteiger partial charge in [0.25, 0.3) is 0 Å². The summed E-state index contributed by atoms with van der Waals surface area (Å²) in [6, 6.07) is 8.08. The number of nitrogens with one attached hydrogen (secondary N) is 1. The lowest BCUT2D eigenvalue weighted by atomic mass is 10.1. The zero-order chi connectivity index (χ0) is 9.10. The molecule has 1 aromatic carbocycles. The SMILES string of the molecule is C=Cc1ccc(-c2ncc[nH]2)cc1. The summed E-state index contributed by atoms with van der Waals surface area (Å²) in [5.41, 5.74) is 2.21. The van der Waals surface area contributed by atoms with Gasteiger partial charge in [0.15, 0.2) is 0 Å². The largest absolute Gasteiger partial charge is 0.345 e. The van der Waals surface area contributed by atoms with Crippen molar-refractivity contribution < 1.29 is 0 Å². The monoisotopic (exact) mass is 170 g/mol. The Morgan fingerprint density at radius 2 is 2.00 bits per heavy atom. The Morgan fingerprint density at radius 1 is 1.23 bits per heavy atom. The molecule has 2 aromatic rings. The Kier molecular flexibility index (Phi) is 1.96. The quantitative estimate of drug-likeness (QED) is 0.737. The van der Waals surface area contributed by atoms with E-state index in [1.807, 2.05) is 36.5 Å². The van der Waals surface area contributed by atoms with E-state index in [1.165, 1.54) is 0 Å². The van der Waals surface area contributed by atoms with Gasteiger partial charge in [0.2, 0.25) is 0 Å². The minimum atomic E-state index is 0.899. The highest BCUT2D eigenvalue weighted by molar-refractivity contribution is 5.58. The summed E-state index contributed by atoms with van der Waals surface area (Å²) in [6.45, 7) is 3.70. The van der Waals surface area contributed by atoms with Crippen molar-refractivity contribution in [3.05, 3.63) is 48.8 Å². The smallest absolute Gasteiger partial charge is 0.137 e. The van der Waals surface area contributed by atoms with Crippen LogP contribution in [0.15, 0.2) is 43.2 Å². The Morgan fingerprint density at radius 3 is 2.54 bits per heavy atom. The molecule has 0 atom stereocenters. The van der Waals surface area contributed by atoms with Crippen LogP contribution in [0.4, 0.5) is 0 Å². The molecule has 0 saturated carbocycles. The molecule has 2 nitrogen and oxygen atoms in total. The maximum Gasteiger partial charge on any atom is 0.137 e. The van der Waals surface area contributed by atoms with Crippen molar-refractivity contribution in [2.75, 3.05) is 0 Å². The van der Waals surface area contributed by atoms with E-state index in [4.69, 9.17) is 0 Å². The van der Waals surface area contributed by atoms with Gasteiger partial charge in [-0.2, -0.15) is 0 Å². The summed E-state index contributed by atoms with van der Waals surface area (Å²) < 4.78 is 0. The fourth-order valence-corrected chi connectivity index (χ4v) is 1.20. The molecule has 0 bridgehead atoms. The molecule has 1 N–H and O–H groups in total.